The van der Waals surface area contributed by atoms with Gasteiger partial charge in [-0.05, 0) is 39.9 Å². The summed E-state index contributed by atoms with van der Waals surface area (Å²) in [6.07, 6.45) is 5.26. The number of nitrogens with one attached hydrogen (secondary N) is 1. The van der Waals surface area contributed by atoms with Gasteiger partial charge >= 0.3 is 0 Å². The average molecular weight is 228 g/mol. The van der Waals surface area contributed by atoms with Crippen molar-refractivity contribution in [3.05, 3.63) is 0 Å². The highest BCUT2D eigenvalue weighted by Gasteiger charge is 2.15. The fourth-order valence-electron chi connectivity index (χ4n) is 1.85. The molecule has 0 aliphatic rings. The molecule has 0 heterocycles. The van der Waals surface area contributed by atoms with Gasteiger partial charge in [-0.25, -0.2) is 0 Å². The molecular formula is C13H28N2O. The third kappa shape index (κ3) is 7.69. The van der Waals surface area contributed by atoms with Crippen LogP contribution in [0.4, 0.5) is 0 Å². The smallest absolute Gasteiger partial charge is 0.223 e. The van der Waals surface area contributed by atoms with Gasteiger partial charge in [0.25, 0.3) is 0 Å². The van der Waals surface area contributed by atoms with E-state index in [-0.39, 0.29) is 11.8 Å². The number of amides is 1. The van der Waals surface area contributed by atoms with Crippen LogP contribution in [-0.4, -0.2) is 38.0 Å². The van der Waals surface area contributed by atoms with Gasteiger partial charge in [0, 0.05) is 12.5 Å². The van der Waals surface area contributed by atoms with Crippen molar-refractivity contribution in [2.75, 3.05) is 27.2 Å². The van der Waals surface area contributed by atoms with E-state index < -0.39 is 0 Å². The summed E-state index contributed by atoms with van der Waals surface area (Å²) in [5, 5.41) is 3.04. The molecule has 0 aliphatic carbocycles. The standard InChI is InChI=1S/C13H28N2O/c1-5-8-12(9-6-2)13(16)14-10-7-11-15(3)4/h12H,5-11H2,1-4H3,(H,14,16). The molecule has 0 saturated heterocycles. The maximum Gasteiger partial charge on any atom is 0.223 e. The van der Waals surface area contributed by atoms with Gasteiger partial charge in [-0.3, -0.25) is 4.79 Å². The topological polar surface area (TPSA) is 32.3 Å². The molecule has 3 nitrogen and oxygen atoms in total. The van der Waals surface area contributed by atoms with Crippen molar-refractivity contribution >= 4 is 5.91 Å². The molecule has 0 rings (SSSR count). The third-order valence-electron chi connectivity index (χ3n) is 2.73. The van der Waals surface area contributed by atoms with Crippen LogP contribution >= 0.6 is 0 Å². The number of hydrogen-bond donors (Lipinski definition) is 1. The first kappa shape index (κ1) is 15.4. The Kier molecular flexibility index (Phi) is 9.30. The minimum Gasteiger partial charge on any atom is -0.356 e. The lowest BCUT2D eigenvalue weighted by molar-refractivity contribution is -0.125. The van der Waals surface area contributed by atoms with Crippen molar-refractivity contribution in [3.8, 4) is 0 Å². The maximum atomic E-state index is 11.8. The van der Waals surface area contributed by atoms with Crippen molar-refractivity contribution in [2.45, 2.75) is 46.0 Å². The van der Waals surface area contributed by atoms with Gasteiger partial charge in [-0.1, -0.05) is 26.7 Å². The minimum absolute atomic E-state index is 0.231. The molecule has 0 bridgehead atoms. The van der Waals surface area contributed by atoms with Crippen LogP contribution in [0.25, 0.3) is 0 Å². The number of carbonyl (C=O) groups is 1. The number of carbonyl (C=O) groups excluding carboxylic acids is 1. The van der Waals surface area contributed by atoms with E-state index in [1.807, 2.05) is 0 Å². The van der Waals surface area contributed by atoms with Gasteiger partial charge in [-0.15, -0.1) is 0 Å². The van der Waals surface area contributed by atoms with E-state index in [1.165, 1.54) is 0 Å². The molecule has 0 spiro atoms. The SMILES string of the molecule is CCCC(CCC)C(=O)NCCCN(C)C. The molecule has 0 aromatic rings. The fraction of sp³-hybridized carbons (Fsp3) is 0.923. The predicted molar refractivity (Wildman–Crippen MR) is 69.5 cm³/mol. The van der Waals surface area contributed by atoms with E-state index in [1.54, 1.807) is 0 Å². The average Bonchev–Trinajstić information content (AvgIpc) is 2.23. The van der Waals surface area contributed by atoms with Gasteiger partial charge in [0.05, 0.1) is 0 Å². The Labute approximate surface area is 101 Å². The van der Waals surface area contributed by atoms with Crippen LogP contribution in [0.3, 0.4) is 0 Å². The monoisotopic (exact) mass is 228 g/mol. The molecule has 16 heavy (non-hydrogen) atoms. The summed E-state index contributed by atoms with van der Waals surface area (Å²) in [5.41, 5.74) is 0. The Morgan fingerprint density at radius 1 is 1.19 bits per heavy atom. The molecule has 0 radical (unpaired) electrons. The molecule has 1 N–H and O–H groups in total. The highest BCUT2D eigenvalue weighted by Crippen LogP contribution is 2.13. The van der Waals surface area contributed by atoms with Crippen molar-refractivity contribution in [1.82, 2.24) is 10.2 Å². The summed E-state index contributed by atoms with van der Waals surface area (Å²) in [7, 11) is 4.11. The van der Waals surface area contributed by atoms with Gasteiger partial charge in [-0.2, -0.15) is 0 Å². The van der Waals surface area contributed by atoms with Gasteiger partial charge < -0.3 is 10.2 Å². The summed E-state index contributed by atoms with van der Waals surface area (Å²) in [6.45, 7) is 6.12. The molecule has 0 aromatic carbocycles. The molecule has 0 aromatic heterocycles. The summed E-state index contributed by atoms with van der Waals surface area (Å²) in [5.74, 6) is 0.483. The molecule has 0 fully saturated rings. The molecule has 0 atom stereocenters. The number of nitrogens with zero attached hydrogens (tertiary/aromatic N) is 1. The Morgan fingerprint density at radius 3 is 2.19 bits per heavy atom. The number of rotatable bonds is 9. The van der Waals surface area contributed by atoms with Crippen LogP contribution in [0.15, 0.2) is 0 Å². The van der Waals surface area contributed by atoms with Crippen LogP contribution in [0, 0.1) is 5.92 Å². The fourth-order valence-corrected chi connectivity index (χ4v) is 1.85. The summed E-state index contributed by atoms with van der Waals surface area (Å²) >= 11 is 0. The van der Waals surface area contributed by atoms with Gasteiger partial charge in [0.1, 0.15) is 0 Å². The first-order valence-corrected chi connectivity index (χ1v) is 6.54. The second kappa shape index (κ2) is 9.64. The molecular weight excluding hydrogens is 200 g/mol. The van der Waals surface area contributed by atoms with Gasteiger partial charge in [0.15, 0.2) is 0 Å². The maximum absolute atomic E-state index is 11.8. The zero-order valence-corrected chi connectivity index (χ0v) is 11.4. The van der Waals surface area contributed by atoms with Crippen molar-refractivity contribution in [2.24, 2.45) is 5.92 Å². The highest BCUT2D eigenvalue weighted by atomic mass is 16.1. The zero-order valence-electron chi connectivity index (χ0n) is 11.4. The van der Waals surface area contributed by atoms with Crippen molar-refractivity contribution in [3.63, 3.8) is 0 Å². The minimum atomic E-state index is 0.231. The third-order valence-corrected chi connectivity index (χ3v) is 2.73. The molecule has 3 heteroatoms. The lowest BCUT2D eigenvalue weighted by Crippen LogP contribution is -2.32. The quantitative estimate of drug-likeness (QED) is 0.614. The normalized spacial score (nSPS) is 11.1. The summed E-state index contributed by atoms with van der Waals surface area (Å²) in [6, 6.07) is 0. The number of hydrogen-bond acceptors (Lipinski definition) is 2. The Balaban J connectivity index is 3.73. The first-order valence-electron chi connectivity index (χ1n) is 6.54. The van der Waals surface area contributed by atoms with Gasteiger partial charge in [0.2, 0.25) is 5.91 Å². The van der Waals surface area contributed by atoms with E-state index >= 15 is 0 Å². The summed E-state index contributed by atoms with van der Waals surface area (Å²) in [4.78, 5) is 14.0. The molecule has 96 valence electrons. The lowest BCUT2D eigenvalue weighted by Gasteiger charge is -2.16. The van der Waals surface area contributed by atoms with Crippen LogP contribution < -0.4 is 5.32 Å². The van der Waals surface area contributed by atoms with E-state index in [0.717, 1.165) is 45.2 Å². The molecule has 0 saturated carbocycles. The molecule has 0 unspecified atom stereocenters. The molecule has 1 amide bonds. The van der Waals surface area contributed by atoms with E-state index in [4.69, 9.17) is 0 Å². The van der Waals surface area contributed by atoms with Crippen molar-refractivity contribution < 1.29 is 4.79 Å². The van der Waals surface area contributed by atoms with Crippen LogP contribution in [0.2, 0.25) is 0 Å². The lowest BCUT2D eigenvalue weighted by atomic mass is 9.97. The largest absolute Gasteiger partial charge is 0.356 e. The van der Waals surface area contributed by atoms with E-state index in [0.29, 0.717) is 0 Å². The van der Waals surface area contributed by atoms with Crippen LogP contribution in [0.5, 0.6) is 0 Å². The van der Waals surface area contributed by atoms with Crippen LogP contribution in [-0.2, 0) is 4.79 Å². The van der Waals surface area contributed by atoms with Crippen LogP contribution in [0.1, 0.15) is 46.0 Å². The Hall–Kier alpha value is -0.570. The van der Waals surface area contributed by atoms with Crippen molar-refractivity contribution in [1.29, 1.82) is 0 Å². The summed E-state index contributed by atoms with van der Waals surface area (Å²) < 4.78 is 0. The van der Waals surface area contributed by atoms with E-state index in [9.17, 15) is 4.79 Å². The second-order valence-corrected chi connectivity index (χ2v) is 4.72. The second-order valence-electron chi connectivity index (χ2n) is 4.72. The Bertz CT molecular complexity index is 175. The van der Waals surface area contributed by atoms with E-state index in [2.05, 4.69) is 38.2 Å². The zero-order chi connectivity index (χ0) is 12.4. The molecule has 0 aliphatic heterocycles. The predicted octanol–water partition coefficient (Wildman–Crippen LogP) is 2.27. The first-order chi connectivity index (χ1) is 7.61. The highest BCUT2D eigenvalue weighted by molar-refractivity contribution is 5.78. The Morgan fingerprint density at radius 2 is 1.75 bits per heavy atom.